The molecule has 0 bridgehead atoms. The van der Waals surface area contributed by atoms with Gasteiger partial charge in [-0.05, 0) is 51.0 Å². The quantitative estimate of drug-likeness (QED) is 0.841. The van der Waals surface area contributed by atoms with Crippen LogP contribution in [0.15, 0.2) is 0 Å². The molecule has 2 fully saturated rings. The van der Waals surface area contributed by atoms with Crippen LogP contribution in [-0.4, -0.2) is 48.8 Å². The lowest BCUT2D eigenvalue weighted by molar-refractivity contribution is -0.0906. The van der Waals surface area contributed by atoms with Crippen LogP contribution in [0.25, 0.3) is 0 Å². The molecule has 0 amide bonds. The highest BCUT2D eigenvalue weighted by molar-refractivity contribution is 4.97. The average molecular weight is 296 g/mol. The second-order valence-electron chi connectivity index (χ2n) is 7.94. The summed E-state index contributed by atoms with van der Waals surface area (Å²) in [6.45, 7) is 14.8. The van der Waals surface area contributed by atoms with Crippen LogP contribution in [0.3, 0.4) is 0 Å². The number of ether oxygens (including phenoxy) is 1. The maximum atomic E-state index is 5.91. The first-order valence-corrected chi connectivity index (χ1v) is 9.07. The number of rotatable bonds is 5. The van der Waals surface area contributed by atoms with Gasteiger partial charge in [0.2, 0.25) is 0 Å². The van der Waals surface area contributed by atoms with Crippen LogP contribution in [0.5, 0.6) is 0 Å². The van der Waals surface area contributed by atoms with Gasteiger partial charge in [-0.1, -0.05) is 27.7 Å². The van der Waals surface area contributed by atoms with Gasteiger partial charge >= 0.3 is 0 Å². The molecule has 2 aliphatic rings. The Hall–Kier alpha value is -0.120. The Labute approximate surface area is 131 Å². The summed E-state index contributed by atoms with van der Waals surface area (Å²) < 4.78 is 5.91. The van der Waals surface area contributed by atoms with Crippen molar-refractivity contribution in [3.63, 3.8) is 0 Å². The topological polar surface area (TPSA) is 24.5 Å². The molecule has 1 saturated carbocycles. The highest BCUT2D eigenvalue weighted by Gasteiger charge is 2.41. The van der Waals surface area contributed by atoms with E-state index in [1.165, 1.54) is 32.1 Å². The van der Waals surface area contributed by atoms with E-state index in [9.17, 15) is 0 Å². The molecule has 0 aromatic rings. The van der Waals surface area contributed by atoms with Crippen molar-refractivity contribution in [1.82, 2.24) is 10.2 Å². The predicted molar refractivity (Wildman–Crippen MR) is 89.7 cm³/mol. The van der Waals surface area contributed by atoms with E-state index in [2.05, 4.69) is 44.8 Å². The van der Waals surface area contributed by atoms with Crippen molar-refractivity contribution in [2.75, 3.05) is 19.7 Å². The minimum Gasteiger partial charge on any atom is -0.376 e. The molecule has 1 heterocycles. The van der Waals surface area contributed by atoms with E-state index >= 15 is 0 Å². The minimum absolute atomic E-state index is 0.379. The number of hydrogen-bond donors (Lipinski definition) is 1. The first kappa shape index (κ1) is 17.2. The van der Waals surface area contributed by atoms with Gasteiger partial charge in [0.1, 0.15) is 0 Å². The average Bonchev–Trinajstić information content (AvgIpc) is 2.45. The molecule has 0 spiro atoms. The summed E-state index contributed by atoms with van der Waals surface area (Å²) in [5.41, 5.74) is 0.481. The van der Waals surface area contributed by atoms with Crippen LogP contribution in [0.1, 0.15) is 66.7 Å². The normalized spacial score (nSPS) is 37.6. The Balaban J connectivity index is 2.12. The third kappa shape index (κ3) is 4.43. The third-order valence-corrected chi connectivity index (χ3v) is 5.42. The molecule has 2 rings (SSSR count). The second-order valence-corrected chi connectivity index (χ2v) is 7.94. The van der Waals surface area contributed by atoms with Gasteiger partial charge in [-0.2, -0.15) is 0 Å². The molecule has 1 saturated heterocycles. The van der Waals surface area contributed by atoms with Gasteiger partial charge in [-0.3, -0.25) is 4.90 Å². The van der Waals surface area contributed by atoms with Crippen molar-refractivity contribution in [2.24, 2.45) is 5.41 Å². The maximum absolute atomic E-state index is 5.91. The molecule has 0 radical (unpaired) electrons. The van der Waals surface area contributed by atoms with Gasteiger partial charge in [-0.15, -0.1) is 0 Å². The zero-order valence-corrected chi connectivity index (χ0v) is 14.8. The minimum atomic E-state index is 0.379. The lowest BCUT2D eigenvalue weighted by Crippen LogP contribution is -2.61. The largest absolute Gasteiger partial charge is 0.376 e. The van der Waals surface area contributed by atoms with Crippen molar-refractivity contribution in [3.05, 3.63) is 0 Å². The number of nitrogens with zero attached hydrogens (tertiary/aromatic N) is 1. The highest BCUT2D eigenvalue weighted by atomic mass is 16.5. The fourth-order valence-corrected chi connectivity index (χ4v) is 4.09. The van der Waals surface area contributed by atoms with Crippen LogP contribution in [0.4, 0.5) is 0 Å². The molecule has 3 heteroatoms. The molecule has 4 unspecified atom stereocenters. The number of morpholine rings is 1. The predicted octanol–water partition coefficient (Wildman–Crippen LogP) is 3.43. The summed E-state index contributed by atoms with van der Waals surface area (Å²) in [6, 6.07) is 1.94. The Kier molecular flexibility index (Phi) is 6.10. The van der Waals surface area contributed by atoms with Crippen LogP contribution >= 0.6 is 0 Å². The van der Waals surface area contributed by atoms with Crippen LogP contribution in [-0.2, 0) is 4.74 Å². The molecular weight excluding hydrogens is 260 g/mol. The lowest BCUT2D eigenvalue weighted by Gasteiger charge is -2.51. The summed E-state index contributed by atoms with van der Waals surface area (Å²) >= 11 is 0. The molecule has 4 atom stereocenters. The van der Waals surface area contributed by atoms with Crippen molar-refractivity contribution in [2.45, 2.75) is 91.0 Å². The van der Waals surface area contributed by atoms with Gasteiger partial charge < -0.3 is 10.1 Å². The fourth-order valence-electron chi connectivity index (χ4n) is 4.09. The molecule has 21 heavy (non-hydrogen) atoms. The van der Waals surface area contributed by atoms with Crippen LogP contribution in [0, 0.1) is 5.41 Å². The molecule has 1 N–H and O–H groups in total. The van der Waals surface area contributed by atoms with Gasteiger partial charge in [0.05, 0.1) is 12.7 Å². The van der Waals surface area contributed by atoms with Gasteiger partial charge in [-0.25, -0.2) is 0 Å². The van der Waals surface area contributed by atoms with E-state index in [0.717, 1.165) is 19.7 Å². The Morgan fingerprint density at radius 2 is 2.05 bits per heavy atom. The van der Waals surface area contributed by atoms with E-state index in [-0.39, 0.29) is 0 Å². The monoisotopic (exact) mass is 296 g/mol. The van der Waals surface area contributed by atoms with Gasteiger partial charge in [0.15, 0.2) is 0 Å². The van der Waals surface area contributed by atoms with Gasteiger partial charge in [0.25, 0.3) is 0 Å². The molecule has 0 aromatic carbocycles. The van der Waals surface area contributed by atoms with E-state index in [0.29, 0.717) is 29.6 Å². The molecule has 124 valence electrons. The Morgan fingerprint density at radius 3 is 2.71 bits per heavy atom. The second kappa shape index (κ2) is 7.43. The van der Waals surface area contributed by atoms with Crippen molar-refractivity contribution in [3.8, 4) is 0 Å². The SMILES string of the molecule is CCCNC1CCC(C)(C)CC1N1CC(C)OCC1CC. The van der Waals surface area contributed by atoms with Crippen molar-refractivity contribution >= 4 is 0 Å². The van der Waals surface area contributed by atoms with E-state index in [1.54, 1.807) is 0 Å². The maximum Gasteiger partial charge on any atom is 0.0674 e. The smallest absolute Gasteiger partial charge is 0.0674 e. The number of nitrogens with one attached hydrogen (secondary N) is 1. The molecule has 1 aliphatic heterocycles. The molecule has 3 nitrogen and oxygen atoms in total. The summed E-state index contributed by atoms with van der Waals surface area (Å²) in [6.07, 6.45) is 6.79. The van der Waals surface area contributed by atoms with E-state index < -0.39 is 0 Å². The van der Waals surface area contributed by atoms with Gasteiger partial charge in [0, 0.05) is 24.7 Å². The standard InChI is InChI=1S/C18H36N2O/c1-6-10-19-16-8-9-18(4,5)11-17(16)20-12-14(3)21-13-15(20)7-2/h14-17,19H,6-13H2,1-5H3. The van der Waals surface area contributed by atoms with Crippen LogP contribution in [0.2, 0.25) is 0 Å². The van der Waals surface area contributed by atoms with E-state index in [4.69, 9.17) is 4.74 Å². The molecule has 0 aromatic heterocycles. The first-order chi connectivity index (χ1) is 9.96. The van der Waals surface area contributed by atoms with E-state index in [1.807, 2.05) is 0 Å². The van der Waals surface area contributed by atoms with Crippen LogP contribution < -0.4 is 5.32 Å². The summed E-state index contributed by atoms with van der Waals surface area (Å²) in [5.74, 6) is 0. The van der Waals surface area contributed by atoms with Crippen molar-refractivity contribution in [1.29, 1.82) is 0 Å². The summed E-state index contributed by atoms with van der Waals surface area (Å²) in [7, 11) is 0. The molecule has 1 aliphatic carbocycles. The highest BCUT2D eigenvalue weighted by Crippen LogP contribution is 2.39. The number of hydrogen-bond acceptors (Lipinski definition) is 3. The van der Waals surface area contributed by atoms with Crippen molar-refractivity contribution < 1.29 is 4.74 Å². The Morgan fingerprint density at radius 1 is 1.29 bits per heavy atom. The first-order valence-electron chi connectivity index (χ1n) is 9.07. The third-order valence-electron chi connectivity index (χ3n) is 5.42. The summed E-state index contributed by atoms with van der Waals surface area (Å²) in [5, 5.41) is 3.83. The Bertz CT molecular complexity index is 318. The summed E-state index contributed by atoms with van der Waals surface area (Å²) in [4.78, 5) is 2.78. The molecular formula is C18H36N2O. The zero-order valence-electron chi connectivity index (χ0n) is 14.8. The zero-order chi connectivity index (χ0) is 15.5. The lowest BCUT2D eigenvalue weighted by atomic mass is 9.72. The fraction of sp³-hybridized carbons (Fsp3) is 1.00.